The minimum Gasteiger partial charge on any atom is -0.296 e. The zero-order valence-corrected chi connectivity index (χ0v) is 18.3. The molecule has 8 nitrogen and oxygen atoms in total. The molecule has 0 unspecified atom stereocenters. The lowest BCUT2D eigenvalue weighted by Crippen LogP contribution is -2.26. The van der Waals surface area contributed by atoms with E-state index >= 15 is 0 Å². The molecule has 2 heterocycles. The van der Waals surface area contributed by atoms with E-state index in [-0.39, 0.29) is 5.69 Å². The maximum atomic E-state index is 13.0. The van der Waals surface area contributed by atoms with Gasteiger partial charge in [0.2, 0.25) is 0 Å². The third-order valence-electron chi connectivity index (χ3n) is 5.55. The van der Waals surface area contributed by atoms with Crippen molar-refractivity contribution in [2.75, 3.05) is 0 Å². The summed E-state index contributed by atoms with van der Waals surface area (Å²) in [5, 5.41) is 14.2. The van der Waals surface area contributed by atoms with Gasteiger partial charge in [0.15, 0.2) is 12.1 Å². The lowest BCUT2D eigenvalue weighted by atomic mass is 9.98. The van der Waals surface area contributed by atoms with Crippen molar-refractivity contribution in [3.05, 3.63) is 76.0 Å². The molecule has 0 radical (unpaired) electrons. The minimum atomic E-state index is -0.121. The Morgan fingerprint density at radius 1 is 0.969 bits per heavy atom. The van der Waals surface area contributed by atoms with Crippen molar-refractivity contribution in [3.8, 4) is 22.5 Å². The zero-order chi connectivity index (χ0) is 22.5. The first-order valence-electron chi connectivity index (χ1n) is 10.9. The Kier molecular flexibility index (Phi) is 6.39. The molecule has 1 N–H and O–H groups in total. The van der Waals surface area contributed by atoms with E-state index in [4.69, 9.17) is 0 Å². The first-order chi connectivity index (χ1) is 15.7. The van der Waals surface area contributed by atoms with E-state index in [0.29, 0.717) is 31.0 Å². The van der Waals surface area contributed by atoms with Crippen LogP contribution in [0.1, 0.15) is 48.4 Å². The van der Waals surface area contributed by atoms with Gasteiger partial charge in [-0.3, -0.25) is 13.9 Å². The summed E-state index contributed by atoms with van der Waals surface area (Å²) in [6.45, 7) is 5.03. The van der Waals surface area contributed by atoms with Gasteiger partial charge in [0.25, 0.3) is 0 Å². The molecule has 0 saturated carbocycles. The summed E-state index contributed by atoms with van der Waals surface area (Å²) >= 11 is 0. The van der Waals surface area contributed by atoms with Crippen LogP contribution in [0.15, 0.2) is 53.3 Å². The van der Waals surface area contributed by atoms with Crippen molar-refractivity contribution in [1.29, 1.82) is 0 Å². The first-order valence-corrected chi connectivity index (χ1v) is 10.9. The minimum absolute atomic E-state index is 0.121. The summed E-state index contributed by atoms with van der Waals surface area (Å²) in [6.07, 6.45) is 3.17. The van der Waals surface area contributed by atoms with Crippen molar-refractivity contribution in [1.82, 2.24) is 29.8 Å². The van der Waals surface area contributed by atoms with Crippen LogP contribution in [-0.2, 0) is 19.5 Å². The lowest BCUT2D eigenvalue weighted by molar-refractivity contribution is 0.111. The number of benzene rings is 2. The van der Waals surface area contributed by atoms with Crippen molar-refractivity contribution >= 4 is 6.29 Å². The molecule has 4 aromatic rings. The van der Waals surface area contributed by atoms with Gasteiger partial charge in [0.1, 0.15) is 5.69 Å². The van der Waals surface area contributed by atoms with Crippen LogP contribution in [0.4, 0.5) is 0 Å². The van der Waals surface area contributed by atoms with Crippen molar-refractivity contribution in [2.45, 2.75) is 46.2 Å². The average Bonchev–Trinajstić information content (AvgIpc) is 3.44. The Balaban J connectivity index is 1.68. The Morgan fingerprint density at radius 3 is 2.34 bits per heavy atom. The molecule has 0 saturated heterocycles. The van der Waals surface area contributed by atoms with Crippen LogP contribution >= 0.6 is 0 Å². The topological polar surface area (TPSA) is 98.5 Å². The summed E-state index contributed by atoms with van der Waals surface area (Å²) in [6, 6.07) is 16.0. The molecule has 0 aliphatic rings. The second-order valence-electron chi connectivity index (χ2n) is 7.71. The third-order valence-corrected chi connectivity index (χ3v) is 5.55. The average molecular weight is 431 g/mol. The number of aromatic nitrogens is 6. The molecule has 0 bridgehead atoms. The number of hydrogen-bond acceptors (Lipinski definition) is 5. The summed E-state index contributed by atoms with van der Waals surface area (Å²) in [4.78, 5) is 24.8. The molecule has 164 valence electrons. The molecule has 8 heteroatoms. The van der Waals surface area contributed by atoms with Gasteiger partial charge in [0, 0.05) is 12.1 Å². The van der Waals surface area contributed by atoms with Crippen LogP contribution in [0.5, 0.6) is 0 Å². The second-order valence-corrected chi connectivity index (χ2v) is 7.71. The maximum Gasteiger partial charge on any atom is 0.329 e. The van der Waals surface area contributed by atoms with E-state index in [1.165, 1.54) is 0 Å². The van der Waals surface area contributed by atoms with Crippen LogP contribution in [-0.4, -0.2) is 36.0 Å². The van der Waals surface area contributed by atoms with E-state index in [9.17, 15) is 9.59 Å². The van der Waals surface area contributed by atoms with Gasteiger partial charge in [-0.05, 0) is 40.0 Å². The Hall–Kier alpha value is -3.81. The number of hydrogen-bond donors (Lipinski definition) is 1. The highest BCUT2D eigenvalue weighted by molar-refractivity contribution is 5.80. The van der Waals surface area contributed by atoms with Gasteiger partial charge in [-0.15, -0.1) is 5.10 Å². The molecule has 2 aromatic heterocycles. The Labute approximate surface area is 185 Å². The normalized spacial score (nSPS) is 11.1. The van der Waals surface area contributed by atoms with Crippen LogP contribution in [0.25, 0.3) is 22.5 Å². The van der Waals surface area contributed by atoms with E-state index in [2.05, 4.69) is 27.5 Å². The molecule has 0 spiro atoms. The zero-order valence-electron chi connectivity index (χ0n) is 18.3. The summed E-state index contributed by atoms with van der Waals surface area (Å²) < 4.78 is 3.35. The van der Waals surface area contributed by atoms with Gasteiger partial charge < -0.3 is 0 Å². The number of nitrogens with one attached hydrogen (secondary N) is 1. The van der Waals surface area contributed by atoms with Gasteiger partial charge in [-0.2, -0.15) is 0 Å². The van der Waals surface area contributed by atoms with Crippen LogP contribution in [0.2, 0.25) is 0 Å². The maximum absolute atomic E-state index is 13.0. The molecule has 4 rings (SSSR count). The molecule has 2 aromatic carbocycles. The summed E-state index contributed by atoms with van der Waals surface area (Å²) in [5.74, 6) is 0.610. The predicted molar refractivity (Wildman–Crippen MR) is 123 cm³/mol. The largest absolute Gasteiger partial charge is 0.329 e. The number of carbonyl (C=O) groups excluding carboxylic acids is 1. The quantitative estimate of drug-likeness (QED) is 0.408. The number of imidazole rings is 1. The molecule has 0 aliphatic carbocycles. The number of aromatic amines is 1. The smallest absolute Gasteiger partial charge is 0.296 e. The fourth-order valence-corrected chi connectivity index (χ4v) is 4.08. The highest BCUT2D eigenvalue weighted by Gasteiger charge is 2.18. The van der Waals surface area contributed by atoms with E-state index in [0.717, 1.165) is 47.1 Å². The SMILES string of the molecule is CCCc1c(C=O)n(CCC)c(=O)n1Cc1ccc(-c2ccccc2-c2nnn[nH]2)cc1. The van der Waals surface area contributed by atoms with E-state index < -0.39 is 0 Å². The van der Waals surface area contributed by atoms with Crippen molar-refractivity contribution < 1.29 is 4.79 Å². The highest BCUT2D eigenvalue weighted by atomic mass is 16.2. The predicted octanol–water partition coefficient (Wildman–Crippen LogP) is 3.72. The number of aldehydes is 1. The molecule has 0 aliphatic heterocycles. The van der Waals surface area contributed by atoms with Gasteiger partial charge >= 0.3 is 5.69 Å². The van der Waals surface area contributed by atoms with Gasteiger partial charge in [-0.25, -0.2) is 9.89 Å². The van der Waals surface area contributed by atoms with E-state index in [1.807, 2.05) is 55.5 Å². The Bertz CT molecular complexity index is 1250. The molecular formula is C24H26N6O2. The summed E-state index contributed by atoms with van der Waals surface area (Å²) in [5.41, 5.74) is 5.15. The number of carbonyl (C=O) groups is 1. The van der Waals surface area contributed by atoms with Crippen LogP contribution in [0.3, 0.4) is 0 Å². The Morgan fingerprint density at radius 2 is 1.72 bits per heavy atom. The molecule has 0 atom stereocenters. The van der Waals surface area contributed by atoms with Crippen LogP contribution in [0, 0.1) is 0 Å². The molecular weight excluding hydrogens is 404 g/mol. The number of rotatable bonds is 9. The third kappa shape index (κ3) is 4.03. The fraction of sp³-hybridized carbons (Fsp3) is 0.292. The second kappa shape index (κ2) is 9.55. The monoisotopic (exact) mass is 430 g/mol. The number of nitrogens with zero attached hydrogens (tertiary/aromatic N) is 5. The number of H-pyrrole nitrogens is 1. The molecule has 32 heavy (non-hydrogen) atoms. The standard InChI is InChI=1S/C24H26N6O2/c1-3-7-21-22(16-31)29(14-4-2)24(32)30(21)15-17-10-12-18(13-11-17)19-8-5-6-9-20(19)23-25-27-28-26-23/h5-6,8-13,16H,3-4,7,14-15H2,1-2H3,(H,25,26,27,28). The fourth-order valence-electron chi connectivity index (χ4n) is 4.08. The van der Waals surface area contributed by atoms with Crippen molar-refractivity contribution in [2.24, 2.45) is 0 Å². The van der Waals surface area contributed by atoms with Gasteiger partial charge in [0.05, 0.1) is 12.2 Å². The molecule has 0 fully saturated rings. The lowest BCUT2D eigenvalue weighted by Gasteiger charge is -2.10. The van der Waals surface area contributed by atoms with Gasteiger partial charge in [-0.1, -0.05) is 68.8 Å². The summed E-state index contributed by atoms with van der Waals surface area (Å²) in [7, 11) is 0. The highest BCUT2D eigenvalue weighted by Crippen LogP contribution is 2.29. The molecule has 0 amide bonds. The van der Waals surface area contributed by atoms with Crippen LogP contribution < -0.4 is 5.69 Å². The van der Waals surface area contributed by atoms with Crippen molar-refractivity contribution in [3.63, 3.8) is 0 Å². The first kappa shape index (κ1) is 21.4. The number of tetrazole rings is 1. The van der Waals surface area contributed by atoms with E-state index in [1.54, 1.807) is 9.13 Å².